The summed E-state index contributed by atoms with van der Waals surface area (Å²) in [5.74, 6) is -4.27. The van der Waals surface area contributed by atoms with Crippen molar-refractivity contribution in [1.82, 2.24) is 0 Å². The standard InChI is InChI=1S/C12H18O5.Zr/c1-4-6-9(14)11(8(3)13)12(16)17-10(15)7-5-2;/h11H,4-7H2,1-3H3;. The van der Waals surface area contributed by atoms with Gasteiger partial charge in [-0.05, 0) is 19.8 Å². The van der Waals surface area contributed by atoms with Crippen LogP contribution < -0.4 is 0 Å². The summed E-state index contributed by atoms with van der Waals surface area (Å²) in [7, 11) is 0. The average molecular weight is 333 g/mol. The van der Waals surface area contributed by atoms with Gasteiger partial charge in [0.15, 0.2) is 17.5 Å². The number of carbonyl (C=O) groups is 4. The number of esters is 2. The van der Waals surface area contributed by atoms with E-state index in [4.69, 9.17) is 0 Å². The second kappa shape index (κ2) is 10.3. The summed E-state index contributed by atoms with van der Waals surface area (Å²) >= 11 is 0. The fourth-order valence-corrected chi connectivity index (χ4v) is 1.34. The molecule has 0 N–H and O–H groups in total. The molecule has 18 heavy (non-hydrogen) atoms. The van der Waals surface area contributed by atoms with E-state index in [1.54, 1.807) is 13.8 Å². The van der Waals surface area contributed by atoms with E-state index < -0.39 is 29.4 Å². The Bertz CT molecular complexity index is 324. The van der Waals surface area contributed by atoms with Crippen molar-refractivity contribution in [3.8, 4) is 0 Å². The van der Waals surface area contributed by atoms with E-state index in [2.05, 4.69) is 4.74 Å². The second-order valence-corrected chi connectivity index (χ2v) is 3.80. The molecule has 0 aromatic carbocycles. The van der Waals surface area contributed by atoms with Crippen molar-refractivity contribution in [3.05, 3.63) is 0 Å². The third-order valence-corrected chi connectivity index (χ3v) is 2.13. The molecule has 100 valence electrons. The molecule has 0 aliphatic heterocycles. The molecular formula is C12H18O5Zr. The van der Waals surface area contributed by atoms with E-state index in [0.717, 1.165) is 6.92 Å². The van der Waals surface area contributed by atoms with E-state index in [-0.39, 0.29) is 39.0 Å². The molecule has 0 spiro atoms. The molecule has 0 saturated heterocycles. The topological polar surface area (TPSA) is 77.5 Å². The van der Waals surface area contributed by atoms with Gasteiger partial charge in [-0.2, -0.15) is 0 Å². The first-order chi connectivity index (χ1) is 7.93. The van der Waals surface area contributed by atoms with E-state index in [1.165, 1.54) is 0 Å². The van der Waals surface area contributed by atoms with Gasteiger partial charge in [-0.25, -0.2) is 0 Å². The Morgan fingerprint density at radius 3 is 1.89 bits per heavy atom. The van der Waals surface area contributed by atoms with Crippen molar-refractivity contribution in [1.29, 1.82) is 0 Å². The average Bonchev–Trinajstić information content (AvgIpc) is 2.17. The Labute approximate surface area is 126 Å². The summed E-state index contributed by atoms with van der Waals surface area (Å²) in [4.78, 5) is 45.3. The van der Waals surface area contributed by atoms with Crippen LogP contribution in [0, 0.1) is 5.92 Å². The van der Waals surface area contributed by atoms with Gasteiger partial charge in [0, 0.05) is 39.0 Å². The molecule has 0 saturated carbocycles. The van der Waals surface area contributed by atoms with Gasteiger partial charge in [0.05, 0.1) is 0 Å². The van der Waals surface area contributed by atoms with Crippen LogP contribution >= 0.6 is 0 Å². The molecule has 0 amide bonds. The molecule has 0 aliphatic rings. The molecule has 0 radical (unpaired) electrons. The quantitative estimate of drug-likeness (QED) is 0.520. The van der Waals surface area contributed by atoms with Gasteiger partial charge in [0.25, 0.3) is 0 Å². The summed E-state index contributed by atoms with van der Waals surface area (Å²) in [6, 6.07) is 0. The van der Waals surface area contributed by atoms with Crippen molar-refractivity contribution in [2.75, 3.05) is 0 Å². The molecule has 0 heterocycles. The van der Waals surface area contributed by atoms with Gasteiger partial charge in [0.2, 0.25) is 0 Å². The Hall–Kier alpha value is -0.637. The van der Waals surface area contributed by atoms with E-state index in [0.29, 0.717) is 12.8 Å². The number of carbonyl (C=O) groups excluding carboxylic acids is 4. The minimum Gasteiger partial charge on any atom is -0.392 e. The summed E-state index contributed by atoms with van der Waals surface area (Å²) in [6.45, 7) is 4.67. The molecule has 0 fully saturated rings. The van der Waals surface area contributed by atoms with Crippen molar-refractivity contribution in [3.63, 3.8) is 0 Å². The molecule has 6 heteroatoms. The molecule has 0 aliphatic carbocycles. The Morgan fingerprint density at radius 2 is 1.50 bits per heavy atom. The summed E-state index contributed by atoms with van der Waals surface area (Å²) in [5, 5.41) is 0. The van der Waals surface area contributed by atoms with Gasteiger partial charge < -0.3 is 4.74 Å². The monoisotopic (exact) mass is 332 g/mol. The maximum absolute atomic E-state index is 11.5. The number of ether oxygens (including phenoxy) is 1. The van der Waals surface area contributed by atoms with Gasteiger partial charge in [-0.3, -0.25) is 19.2 Å². The van der Waals surface area contributed by atoms with Crippen molar-refractivity contribution in [2.45, 2.75) is 46.5 Å². The van der Waals surface area contributed by atoms with Gasteiger partial charge >= 0.3 is 11.9 Å². The van der Waals surface area contributed by atoms with Crippen LogP contribution in [0.25, 0.3) is 0 Å². The molecular weight excluding hydrogens is 315 g/mol. The number of rotatable bonds is 7. The maximum Gasteiger partial charge on any atom is 0.331 e. The molecule has 5 nitrogen and oxygen atoms in total. The predicted octanol–water partition coefficient (Wildman–Crippen LogP) is 1.43. The maximum atomic E-state index is 11.5. The zero-order valence-electron chi connectivity index (χ0n) is 10.9. The summed E-state index contributed by atoms with van der Waals surface area (Å²) in [6.07, 6.45) is 1.30. The first-order valence-corrected chi connectivity index (χ1v) is 5.71. The fraction of sp³-hybridized carbons (Fsp3) is 0.667. The Kier molecular flexibility index (Phi) is 11.3. The van der Waals surface area contributed by atoms with Crippen molar-refractivity contribution >= 4 is 23.5 Å². The van der Waals surface area contributed by atoms with Crippen LogP contribution in [0.5, 0.6) is 0 Å². The minimum atomic E-state index is -1.45. The number of ketones is 2. The smallest absolute Gasteiger partial charge is 0.331 e. The van der Waals surface area contributed by atoms with Gasteiger partial charge in [-0.15, -0.1) is 0 Å². The summed E-state index contributed by atoms with van der Waals surface area (Å²) < 4.78 is 4.46. The largest absolute Gasteiger partial charge is 0.392 e. The molecule has 0 aromatic rings. The molecule has 0 bridgehead atoms. The van der Waals surface area contributed by atoms with E-state index in [1.807, 2.05) is 0 Å². The number of hydrogen-bond donors (Lipinski definition) is 0. The minimum absolute atomic E-state index is 0. The number of hydrogen-bond acceptors (Lipinski definition) is 5. The molecule has 0 aromatic heterocycles. The third-order valence-electron chi connectivity index (χ3n) is 2.13. The van der Waals surface area contributed by atoms with Crippen LogP contribution in [0.2, 0.25) is 0 Å². The predicted molar refractivity (Wildman–Crippen MR) is 60.1 cm³/mol. The molecule has 1 atom stereocenters. The van der Waals surface area contributed by atoms with Crippen LogP contribution in [-0.4, -0.2) is 23.5 Å². The SMILES string of the molecule is CCCC(=O)OC(=O)C(C(C)=O)C(=O)CCC.[Zr]. The third kappa shape index (κ3) is 6.94. The van der Waals surface area contributed by atoms with Crippen LogP contribution in [0.1, 0.15) is 46.5 Å². The molecule has 0 rings (SSSR count). The van der Waals surface area contributed by atoms with Crippen LogP contribution in [0.15, 0.2) is 0 Å². The van der Waals surface area contributed by atoms with Gasteiger partial charge in [0.1, 0.15) is 0 Å². The first kappa shape index (κ1) is 19.7. The normalized spacial score (nSPS) is 11.1. The Morgan fingerprint density at radius 1 is 1.00 bits per heavy atom. The van der Waals surface area contributed by atoms with Crippen LogP contribution in [0.3, 0.4) is 0 Å². The van der Waals surface area contributed by atoms with Gasteiger partial charge in [-0.1, -0.05) is 13.8 Å². The zero-order chi connectivity index (χ0) is 13.4. The van der Waals surface area contributed by atoms with E-state index >= 15 is 0 Å². The molecule has 1 unspecified atom stereocenters. The zero-order valence-corrected chi connectivity index (χ0v) is 13.4. The van der Waals surface area contributed by atoms with Crippen LogP contribution in [-0.2, 0) is 50.1 Å². The first-order valence-electron chi connectivity index (χ1n) is 5.71. The number of Topliss-reactive ketones (excluding diaryl/α,β-unsaturated/α-hetero) is 2. The Balaban J connectivity index is 0. The van der Waals surface area contributed by atoms with E-state index in [9.17, 15) is 19.2 Å². The second-order valence-electron chi connectivity index (χ2n) is 3.80. The van der Waals surface area contributed by atoms with Crippen molar-refractivity contribution in [2.24, 2.45) is 5.92 Å². The van der Waals surface area contributed by atoms with Crippen LogP contribution in [0.4, 0.5) is 0 Å². The summed E-state index contributed by atoms with van der Waals surface area (Å²) in [5.41, 5.74) is 0. The fourth-order valence-electron chi connectivity index (χ4n) is 1.34. The van der Waals surface area contributed by atoms with Crippen molar-refractivity contribution < 1.29 is 50.1 Å².